The number of methoxy groups -OCH3 is 1. The van der Waals surface area contributed by atoms with Gasteiger partial charge in [0.25, 0.3) is 0 Å². The Morgan fingerprint density at radius 1 is 1.10 bits per heavy atom. The number of esters is 1. The van der Waals surface area contributed by atoms with Gasteiger partial charge >= 0.3 is 5.97 Å². The molecule has 0 N–H and O–H groups in total. The lowest BCUT2D eigenvalue weighted by molar-refractivity contribution is -0.139. The summed E-state index contributed by atoms with van der Waals surface area (Å²) in [6.07, 6.45) is 1.59. The fourth-order valence-corrected chi connectivity index (χ4v) is 2.84. The molecule has 0 atom stereocenters. The Morgan fingerprint density at radius 2 is 1.71 bits per heavy atom. The summed E-state index contributed by atoms with van der Waals surface area (Å²) in [6, 6.07) is 8.18. The van der Waals surface area contributed by atoms with E-state index in [1.54, 1.807) is 0 Å². The number of hydrogen-bond donors (Lipinski definition) is 0. The summed E-state index contributed by atoms with van der Waals surface area (Å²) < 4.78 is 4.78. The number of nitrogens with zero attached hydrogens (tertiary/aromatic N) is 2. The molecule has 1 heterocycles. The molecule has 1 aromatic rings. The molecule has 0 radical (unpaired) electrons. The van der Waals surface area contributed by atoms with Gasteiger partial charge in [0, 0.05) is 32.7 Å². The zero-order valence-corrected chi connectivity index (χ0v) is 13.2. The van der Waals surface area contributed by atoms with Gasteiger partial charge < -0.3 is 9.64 Å². The SMILES string of the molecule is CCCN1CCN(Cc2ccccc2CC(=O)OC)CC1. The van der Waals surface area contributed by atoms with Gasteiger partial charge in [0.1, 0.15) is 0 Å². The Kier molecular flexibility index (Phi) is 6.21. The second kappa shape index (κ2) is 8.15. The smallest absolute Gasteiger partial charge is 0.309 e. The Hall–Kier alpha value is -1.39. The van der Waals surface area contributed by atoms with E-state index >= 15 is 0 Å². The summed E-state index contributed by atoms with van der Waals surface area (Å²) in [5.74, 6) is -0.171. The van der Waals surface area contributed by atoms with Crippen molar-refractivity contribution >= 4 is 5.97 Å². The van der Waals surface area contributed by atoms with Crippen molar-refractivity contribution in [2.45, 2.75) is 26.3 Å². The van der Waals surface area contributed by atoms with Crippen LogP contribution in [0.15, 0.2) is 24.3 Å². The van der Waals surface area contributed by atoms with E-state index in [1.165, 1.54) is 25.6 Å². The lowest BCUT2D eigenvalue weighted by atomic mass is 10.0. The maximum Gasteiger partial charge on any atom is 0.309 e. The highest BCUT2D eigenvalue weighted by molar-refractivity contribution is 5.72. The average molecular weight is 290 g/mol. The highest BCUT2D eigenvalue weighted by Crippen LogP contribution is 2.14. The molecule has 1 aliphatic heterocycles. The van der Waals surface area contributed by atoms with Crippen LogP contribution in [0, 0.1) is 0 Å². The third-order valence-electron chi connectivity index (χ3n) is 4.08. The largest absolute Gasteiger partial charge is 0.469 e. The van der Waals surface area contributed by atoms with Crippen LogP contribution in [0.3, 0.4) is 0 Å². The molecule has 0 amide bonds. The molecule has 1 saturated heterocycles. The van der Waals surface area contributed by atoms with E-state index in [0.29, 0.717) is 6.42 Å². The predicted molar refractivity (Wildman–Crippen MR) is 84.2 cm³/mol. The number of benzene rings is 1. The van der Waals surface area contributed by atoms with Gasteiger partial charge in [-0.05, 0) is 24.1 Å². The van der Waals surface area contributed by atoms with Crippen LogP contribution in [-0.2, 0) is 22.5 Å². The van der Waals surface area contributed by atoms with Crippen LogP contribution >= 0.6 is 0 Å². The second-order valence-corrected chi connectivity index (χ2v) is 5.64. The molecular weight excluding hydrogens is 264 g/mol. The summed E-state index contributed by atoms with van der Waals surface area (Å²) in [5, 5.41) is 0. The molecule has 116 valence electrons. The Bertz CT molecular complexity index is 454. The number of carbonyl (C=O) groups excluding carboxylic acids is 1. The van der Waals surface area contributed by atoms with E-state index in [1.807, 2.05) is 18.2 Å². The number of carbonyl (C=O) groups is 1. The van der Waals surface area contributed by atoms with E-state index in [9.17, 15) is 4.79 Å². The van der Waals surface area contributed by atoms with Crippen LogP contribution in [0.4, 0.5) is 0 Å². The minimum atomic E-state index is -0.171. The van der Waals surface area contributed by atoms with Crippen molar-refractivity contribution in [1.82, 2.24) is 9.80 Å². The number of hydrogen-bond acceptors (Lipinski definition) is 4. The summed E-state index contributed by atoms with van der Waals surface area (Å²) in [6.45, 7) is 8.86. The van der Waals surface area contributed by atoms with Crippen molar-refractivity contribution in [2.24, 2.45) is 0 Å². The zero-order valence-electron chi connectivity index (χ0n) is 13.2. The van der Waals surface area contributed by atoms with Gasteiger partial charge in [0.05, 0.1) is 13.5 Å². The molecule has 0 aliphatic carbocycles. The zero-order chi connectivity index (χ0) is 15.1. The highest BCUT2D eigenvalue weighted by Gasteiger charge is 2.17. The third kappa shape index (κ3) is 4.83. The van der Waals surface area contributed by atoms with Gasteiger partial charge in [0.15, 0.2) is 0 Å². The van der Waals surface area contributed by atoms with Gasteiger partial charge in [0.2, 0.25) is 0 Å². The number of rotatable bonds is 6. The molecule has 2 rings (SSSR count). The third-order valence-corrected chi connectivity index (χ3v) is 4.08. The van der Waals surface area contributed by atoms with Crippen LogP contribution < -0.4 is 0 Å². The van der Waals surface area contributed by atoms with Gasteiger partial charge in [-0.15, -0.1) is 0 Å². The topological polar surface area (TPSA) is 32.8 Å². The molecular formula is C17H26N2O2. The summed E-state index contributed by atoms with van der Waals surface area (Å²) in [4.78, 5) is 16.5. The monoisotopic (exact) mass is 290 g/mol. The lowest BCUT2D eigenvalue weighted by Gasteiger charge is -2.34. The van der Waals surface area contributed by atoms with Crippen LogP contribution in [0.5, 0.6) is 0 Å². The van der Waals surface area contributed by atoms with Crippen molar-refractivity contribution < 1.29 is 9.53 Å². The molecule has 1 fully saturated rings. The first-order valence-corrected chi connectivity index (χ1v) is 7.81. The van der Waals surface area contributed by atoms with Crippen LogP contribution in [-0.4, -0.2) is 55.6 Å². The Labute approximate surface area is 127 Å². The predicted octanol–water partition coefficient (Wildman–Crippen LogP) is 1.93. The number of ether oxygens (including phenoxy) is 1. The van der Waals surface area contributed by atoms with Crippen LogP contribution in [0.1, 0.15) is 24.5 Å². The molecule has 21 heavy (non-hydrogen) atoms. The first-order valence-electron chi connectivity index (χ1n) is 7.81. The van der Waals surface area contributed by atoms with Gasteiger partial charge in [-0.1, -0.05) is 31.2 Å². The first-order chi connectivity index (χ1) is 10.2. The summed E-state index contributed by atoms with van der Waals surface area (Å²) >= 11 is 0. The van der Waals surface area contributed by atoms with Crippen LogP contribution in [0.25, 0.3) is 0 Å². The molecule has 4 heteroatoms. The van der Waals surface area contributed by atoms with E-state index < -0.39 is 0 Å². The van der Waals surface area contributed by atoms with E-state index in [0.717, 1.165) is 38.3 Å². The summed E-state index contributed by atoms with van der Waals surface area (Å²) in [7, 11) is 1.44. The van der Waals surface area contributed by atoms with Crippen molar-refractivity contribution in [3.63, 3.8) is 0 Å². The molecule has 4 nitrogen and oxygen atoms in total. The maximum atomic E-state index is 11.5. The van der Waals surface area contributed by atoms with Gasteiger partial charge in [-0.2, -0.15) is 0 Å². The van der Waals surface area contributed by atoms with Gasteiger partial charge in [-0.3, -0.25) is 9.69 Å². The Morgan fingerprint density at radius 3 is 2.33 bits per heavy atom. The first kappa shape index (κ1) is 16.0. The lowest BCUT2D eigenvalue weighted by Crippen LogP contribution is -2.46. The van der Waals surface area contributed by atoms with Crippen molar-refractivity contribution in [3.8, 4) is 0 Å². The quantitative estimate of drug-likeness (QED) is 0.750. The van der Waals surface area contributed by atoms with E-state index in [-0.39, 0.29) is 5.97 Å². The minimum Gasteiger partial charge on any atom is -0.469 e. The molecule has 0 aromatic heterocycles. The standard InChI is InChI=1S/C17H26N2O2/c1-3-8-18-9-11-19(12-10-18)14-16-7-5-4-6-15(16)13-17(20)21-2/h4-7H,3,8-14H2,1-2H3. The second-order valence-electron chi connectivity index (χ2n) is 5.64. The molecule has 0 spiro atoms. The maximum absolute atomic E-state index is 11.5. The Balaban J connectivity index is 1.92. The molecule has 0 unspecified atom stereocenters. The molecule has 1 aromatic carbocycles. The fraction of sp³-hybridized carbons (Fsp3) is 0.588. The molecule has 0 bridgehead atoms. The normalized spacial score (nSPS) is 16.9. The van der Waals surface area contributed by atoms with E-state index in [2.05, 4.69) is 22.8 Å². The van der Waals surface area contributed by atoms with Crippen molar-refractivity contribution in [3.05, 3.63) is 35.4 Å². The van der Waals surface area contributed by atoms with E-state index in [4.69, 9.17) is 4.74 Å². The highest BCUT2D eigenvalue weighted by atomic mass is 16.5. The summed E-state index contributed by atoms with van der Waals surface area (Å²) in [5.41, 5.74) is 2.33. The van der Waals surface area contributed by atoms with Crippen molar-refractivity contribution in [2.75, 3.05) is 39.8 Å². The number of piperazine rings is 1. The van der Waals surface area contributed by atoms with Gasteiger partial charge in [-0.25, -0.2) is 0 Å². The molecule has 0 saturated carbocycles. The molecule has 1 aliphatic rings. The van der Waals surface area contributed by atoms with Crippen molar-refractivity contribution in [1.29, 1.82) is 0 Å². The van der Waals surface area contributed by atoms with Crippen LogP contribution in [0.2, 0.25) is 0 Å². The fourth-order valence-electron chi connectivity index (χ4n) is 2.84. The average Bonchev–Trinajstić information content (AvgIpc) is 2.51. The minimum absolute atomic E-state index is 0.171.